The number of pyridine rings is 1. The summed E-state index contributed by atoms with van der Waals surface area (Å²) in [5, 5.41) is 0. The molecule has 2 heteroatoms. The lowest BCUT2D eigenvalue weighted by molar-refractivity contribution is -0.131. The standard InChI is InChI=1S/C17H23NO/c1-17(10-3-2-4-11-17)16(19)14-9-5-7-13-8-6-12-18-15(13)14/h6,8,12,14H,2-5,7,9-11H2,1H3. The second-order valence-electron chi connectivity index (χ2n) is 6.48. The van der Waals surface area contributed by atoms with Gasteiger partial charge in [0.25, 0.3) is 0 Å². The third-order valence-corrected chi connectivity index (χ3v) is 5.06. The van der Waals surface area contributed by atoms with Crippen molar-refractivity contribution in [2.45, 2.75) is 64.2 Å². The van der Waals surface area contributed by atoms with Gasteiger partial charge in [0, 0.05) is 11.6 Å². The zero-order valence-corrected chi connectivity index (χ0v) is 11.8. The van der Waals surface area contributed by atoms with E-state index >= 15 is 0 Å². The number of ketones is 1. The zero-order valence-electron chi connectivity index (χ0n) is 11.8. The van der Waals surface area contributed by atoms with Crippen molar-refractivity contribution in [2.24, 2.45) is 5.41 Å². The van der Waals surface area contributed by atoms with Crippen LogP contribution in [0.5, 0.6) is 0 Å². The molecule has 1 unspecified atom stereocenters. The smallest absolute Gasteiger partial charge is 0.147 e. The first-order chi connectivity index (χ1) is 9.21. The molecule has 0 saturated heterocycles. The number of hydrogen-bond donors (Lipinski definition) is 0. The highest BCUT2D eigenvalue weighted by Crippen LogP contribution is 2.43. The second-order valence-corrected chi connectivity index (χ2v) is 6.48. The zero-order chi connectivity index (χ0) is 13.3. The highest BCUT2D eigenvalue weighted by atomic mass is 16.1. The van der Waals surface area contributed by atoms with Gasteiger partial charge in [-0.3, -0.25) is 9.78 Å². The average Bonchev–Trinajstić information content (AvgIpc) is 2.47. The van der Waals surface area contributed by atoms with Gasteiger partial charge < -0.3 is 0 Å². The van der Waals surface area contributed by atoms with Crippen molar-refractivity contribution in [2.75, 3.05) is 0 Å². The van der Waals surface area contributed by atoms with E-state index in [1.165, 1.54) is 24.8 Å². The Hall–Kier alpha value is -1.18. The summed E-state index contributed by atoms with van der Waals surface area (Å²) in [7, 11) is 0. The van der Waals surface area contributed by atoms with E-state index in [2.05, 4.69) is 18.0 Å². The van der Waals surface area contributed by atoms with Crippen LogP contribution in [-0.4, -0.2) is 10.8 Å². The van der Waals surface area contributed by atoms with Crippen LogP contribution in [0.25, 0.3) is 0 Å². The normalized spacial score (nSPS) is 25.6. The van der Waals surface area contributed by atoms with Crippen molar-refractivity contribution in [3.8, 4) is 0 Å². The summed E-state index contributed by atoms with van der Waals surface area (Å²) in [6.07, 6.45) is 10.9. The van der Waals surface area contributed by atoms with Crippen LogP contribution in [0.3, 0.4) is 0 Å². The first-order valence-corrected chi connectivity index (χ1v) is 7.69. The van der Waals surface area contributed by atoms with Crippen LogP contribution in [0.15, 0.2) is 18.3 Å². The number of rotatable bonds is 2. The third kappa shape index (κ3) is 2.33. The Morgan fingerprint density at radius 1 is 1.26 bits per heavy atom. The maximum Gasteiger partial charge on any atom is 0.147 e. The summed E-state index contributed by atoms with van der Waals surface area (Å²) >= 11 is 0. The van der Waals surface area contributed by atoms with E-state index < -0.39 is 0 Å². The SMILES string of the molecule is CC1(C(=O)C2CCCc3cccnc32)CCCCC1. The molecule has 1 fully saturated rings. The molecule has 19 heavy (non-hydrogen) atoms. The van der Waals surface area contributed by atoms with Gasteiger partial charge in [0.05, 0.1) is 11.6 Å². The Morgan fingerprint density at radius 2 is 2.05 bits per heavy atom. The van der Waals surface area contributed by atoms with Crippen molar-refractivity contribution < 1.29 is 4.79 Å². The summed E-state index contributed by atoms with van der Waals surface area (Å²) in [6, 6.07) is 4.14. The minimum atomic E-state index is -0.0882. The Kier molecular flexibility index (Phi) is 3.42. The first kappa shape index (κ1) is 12.8. The van der Waals surface area contributed by atoms with E-state index in [1.54, 1.807) is 0 Å². The van der Waals surface area contributed by atoms with Crippen LogP contribution >= 0.6 is 0 Å². The Bertz CT molecular complexity index is 474. The van der Waals surface area contributed by atoms with E-state index in [0.29, 0.717) is 5.78 Å². The summed E-state index contributed by atoms with van der Waals surface area (Å²) in [4.78, 5) is 17.5. The molecule has 0 amide bonds. The van der Waals surface area contributed by atoms with Gasteiger partial charge in [0.15, 0.2) is 0 Å². The average molecular weight is 257 g/mol. The molecule has 0 bridgehead atoms. The number of aryl methyl sites for hydroxylation is 1. The molecule has 0 N–H and O–H groups in total. The Labute approximate surface area is 115 Å². The fraction of sp³-hybridized carbons (Fsp3) is 0.647. The van der Waals surface area contributed by atoms with Gasteiger partial charge in [0.1, 0.15) is 5.78 Å². The van der Waals surface area contributed by atoms with Gasteiger partial charge in [-0.05, 0) is 43.7 Å². The Balaban J connectivity index is 1.88. The van der Waals surface area contributed by atoms with Crippen molar-refractivity contribution in [1.82, 2.24) is 4.98 Å². The van der Waals surface area contributed by atoms with Gasteiger partial charge in [-0.15, -0.1) is 0 Å². The molecule has 0 radical (unpaired) electrons. The maximum absolute atomic E-state index is 13.0. The molecule has 1 saturated carbocycles. The molecule has 1 atom stereocenters. The molecule has 0 aromatic carbocycles. The summed E-state index contributed by atoms with van der Waals surface area (Å²) in [5.41, 5.74) is 2.28. The topological polar surface area (TPSA) is 30.0 Å². The van der Waals surface area contributed by atoms with E-state index in [4.69, 9.17) is 0 Å². The van der Waals surface area contributed by atoms with Gasteiger partial charge >= 0.3 is 0 Å². The highest BCUT2D eigenvalue weighted by molar-refractivity contribution is 5.91. The molecule has 2 aliphatic rings. The molecule has 2 aliphatic carbocycles. The fourth-order valence-electron chi connectivity index (χ4n) is 3.86. The molecule has 1 heterocycles. The number of carbonyl (C=O) groups excluding carboxylic acids is 1. The molecule has 0 aliphatic heterocycles. The predicted octanol–water partition coefficient (Wildman–Crippen LogP) is 4.04. The van der Waals surface area contributed by atoms with Crippen molar-refractivity contribution in [3.05, 3.63) is 29.6 Å². The van der Waals surface area contributed by atoms with Gasteiger partial charge in [-0.2, -0.15) is 0 Å². The van der Waals surface area contributed by atoms with Gasteiger partial charge in [-0.25, -0.2) is 0 Å². The fourth-order valence-corrected chi connectivity index (χ4v) is 3.86. The van der Waals surface area contributed by atoms with Crippen molar-refractivity contribution in [1.29, 1.82) is 0 Å². The molecule has 0 spiro atoms. The quantitative estimate of drug-likeness (QED) is 0.800. The molecule has 2 nitrogen and oxygen atoms in total. The van der Waals surface area contributed by atoms with E-state index in [1.807, 2.05) is 12.3 Å². The summed E-state index contributed by atoms with van der Waals surface area (Å²) in [5.74, 6) is 0.528. The van der Waals surface area contributed by atoms with Crippen LogP contribution in [0, 0.1) is 5.41 Å². The van der Waals surface area contributed by atoms with Crippen molar-refractivity contribution in [3.63, 3.8) is 0 Å². The van der Waals surface area contributed by atoms with E-state index in [-0.39, 0.29) is 11.3 Å². The molecule has 1 aromatic rings. The minimum Gasteiger partial charge on any atom is -0.298 e. The lowest BCUT2D eigenvalue weighted by Gasteiger charge is -2.36. The Morgan fingerprint density at radius 3 is 2.84 bits per heavy atom. The number of carbonyl (C=O) groups is 1. The van der Waals surface area contributed by atoms with Crippen molar-refractivity contribution >= 4 is 5.78 Å². The van der Waals surface area contributed by atoms with Crippen LogP contribution in [-0.2, 0) is 11.2 Å². The molecule has 102 valence electrons. The monoisotopic (exact) mass is 257 g/mol. The number of Topliss-reactive ketones (excluding diaryl/α,β-unsaturated/α-hetero) is 1. The van der Waals surface area contributed by atoms with Crippen LogP contribution < -0.4 is 0 Å². The largest absolute Gasteiger partial charge is 0.298 e. The molecule has 3 rings (SSSR count). The second kappa shape index (κ2) is 5.07. The van der Waals surface area contributed by atoms with Gasteiger partial charge in [-0.1, -0.05) is 32.3 Å². The van der Waals surface area contributed by atoms with E-state index in [0.717, 1.165) is 37.8 Å². The third-order valence-electron chi connectivity index (χ3n) is 5.06. The van der Waals surface area contributed by atoms with E-state index in [9.17, 15) is 4.79 Å². The van der Waals surface area contributed by atoms with Crippen LogP contribution in [0.1, 0.15) is 69.0 Å². The maximum atomic E-state index is 13.0. The van der Waals surface area contributed by atoms with Crippen LogP contribution in [0.2, 0.25) is 0 Å². The molecular formula is C17H23NO. The predicted molar refractivity (Wildman–Crippen MR) is 76.1 cm³/mol. The van der Waals surface area contributed by atoms with Crippen LogP contribution in [0.4, 0.5) is 0 Å². The lowest BCUT2D eigenvalue weighted by atomic mass is 9.67. The number of nitrogens with zero attached hydrogens (tertiary/aromatic N) is 1. The minimum absolute atomic E-state index is 0.0630. The summed E-state index contributed by atoms with van der Waals surface area (Å²) in [6.45, 7) is 2.19. The summed E-state index contributed by atoms with van der Waals surface area (Å²) < 4.78 is 0. The lowest BCUT2D eigenvalue weighted by Crippen LogP contribution is -2.36. The first-order valence-electron chi connectivity index (χ1n) is 7.69. The molecule has 1 aromatic heterocycles. The molecular weight excluding hydrogens is 234 g/mol. The number of fused-ring (bicyclic) bond motifs is 1. The number of hydrogen-bond acceptors (Lipinski definition) is 2. The highest BCUT2D eigenvalue weighted by Gasteiger charge is 2.40. The van der Waals surface area contributed by atoms with Gasteiger partial charge in [0.2, 0.25) is 0 Å². The number of aromatic nitrogens is 1.